The van der Waals surface area contributed by atoms with Crippen LogP contribution in [-0.4, -0.2) is 25.7 Å². The first kappa shape index (κ1) is 20.4. The first-order chi connectivity index (χ1) is 12.3. The van der Waals surface area contributed by atoms with Crippen molar-refractivity contribution >= 4 is 35.6 Å². The minimum atomic E-state index is 0. The molecule has 0 radical (unpaired) electrons. The molecular weight excluding hydrogens is 441 g/mol. The summed E-state index contributed by atoms with van der Waals surface area (Å²) in [6.07, 6.45) is 0.901. The quantitative estimate of drug-likeness (QED) is 0.399. The van der Waals surface area contributed by atoms with E-state index in [9.17, 15) is 0 Å². The van der Waals surface area contributed by atoms with Gasteiger partial charge in [-0.1, -0.05) is 24.3 Å². The molecule has 26 heavy (non-hydrogen) atoms. The van der Waals surface area contributed by atoms with Gasteiger partial charge < -0.3 is 20.1 Å². The van der Waals surface area contributed by atoms with Gasteiger partial charge in [0.1, 0.15) is 0 Å². The fourth-order valence-corrected chi connectivity index (χ4v) is 2.64. The Morgan fingerprint density at radius 1 is 1.08 bits per heavy atom. The number of aryl methyl sites for hydroxylation is 1. The lowest BCUT2D eigenvalue weighted by Gasteiger charge is -2.14. The molecule has 0 bridgehead atoms. The van der Waals surface area contributed by atoms with E-state index in [0.29, 0.717) is 19.8 Å². The van der Waals surface area contributed by atoms with Crippen LogP contribution < -0.4 is 20.1 Å². The Balaban J connectivity index is 0.00000243. The molecule has 1 aliphatic rings. The van der Waals surface area contributed by atoms with Crippen molar-refractivity contribution in [1.29, 1.82) is 0 Å². The van der Waals surface area contributed by atoms with Crippen LogP contribution in [0.4, 0.5) is 5.69 Å². The number of benzene rings is 2. The van der Waals surface area contributed by atoms with Crippen LogP contribution in [0, 0.1) is 6.92 Å². The molecule has 0 fully saturated rings. The van der Waals surface area contributed by atoms with Crippen LogP contribution >= 0.6 is 24.0 Å². The van der Waals surface area contributed by atoms with E-state index in [1.807, 2.05) is 30.3 Å². The highest BCUT2D eigenvalue weighted by Crippen LogP contribution is 2.32. The molecular formula is C20H26IN3O2. The van der Waals surface area contributed by atoms with Gasteiger partial charge in [0.05, 0.1) is 19.8 Å². The summed E-state index contributed by atoms with van der Waals surface area (Å²) in [6.45, 7) is 6.96. The average molecular weight is 467 g/mol. The van der Waals surface area contributed by atoms with Crippen LogP contribution in [0.25, 0.3) is 0 Å². The van der Waals surface area contributed by atoms with E-state index in [2.05, 4.69) is 36.6 Å². The molecule has 5 nitrogen and oxygen atoms in total. The van der Waals surface area contributed by atoms with Gasteiger partial charge in [0.15, 0.2) is 17.5 Å². The SMILES string of the molecule is CCNC(=NCc1ccccc1C)Nc1ccc2c(c1)OCCCO2.I. The minimum Gasteiger partial charge on any atom is -0.490 e. The normalized spacial score (nSPS) is 13.4. The second-order valence-corrected chi connectivity index (χ2v) is 5.96. The summed E-state index contributed by atoms with van der Waals surface area (Å²) in [5.74, 6) is 2.32. The molecule has 1 heterocycles. The zero-order valence-electron chi connectivity index (χ0n) is 15.2. The van der Waals surface area contributed by atoms with E-state index in [0.717, 1.165) is 36.1 Å². The molecule has 2 aromatic carbocycles. The Morgan fingerprint density at radius 3 is 2.62 bits per heavy atom. The third kappa shape index (κ3) is 5.52. The van der Waals surface area contributed by atoms with E-state index in [1.54, 1.807) is 0 Å². The maximum atomic E-state index is 5.75. The van der Waals surface area contributed by atoms with E-state index >= 15 is 0 Å². The van der Waals surface area contributed by atoms with Gasteiger partial charge in [0.2, 0.25) is 0 Å². The third-order valence-corrected chi connectivity index (χ3v) is 4.02. The number of fused-ring (bicyclic) bond motifs is 1. The number of ether oxygens (including phenoxy) is 2. The molecule has 0 unspecified atom stereocenters. The van der Waals surface area contributed by atoms with E-state index in [-0.39, 0.29) is 24.0 Å². The molecule has 0 spiro atoms. The maximum Gasteiger partial charge on any atom is 0.196 e. The van der Waals surface area contributed by atoms with Crippen molar-refractivity contribution in [3.8, 4) is 11.5 Å². The predicted octanol–water partition coefficient (Wildman–Crippen LogP) is 4.35. The second kappa shape index (κ2) is 10.3. The van der Waals surface area contributed by atoms with Gasteiger partial charge >= 0.3 is 0 Å². The van der Waals surface area contributed by atoms with E-state index in [1.165, 1.54) is 11.1 Å². The fourth-order valence-electron chi connectivity index (χ4n) is 2.64. The van der Waals surface area contributed by atoms with Crippen LogP contribution in [0.15, 0.2) is 47.5 Å². The number of guanidine groups is 1. The monoisotopic (exact) mass is 467 g/mol. The van der Waals surface area contributed by atoms with Crippen molar-refractivity contribution in [3.05, 3.63) is 53.6 Å². The number of anilines is 1. The summed E-state index contributed by atoms with van der Waals surface area (Å²) in [6, 6.07) is 14.2. The molecule has 6 heteroatoms. The van der Waals surface area contributed by atoms with Gasteiger partial charge in [0, 0.05) is 24.7 Å². The third-order valence-electron chi connectivity index (χ3n) is 4.02. The first-order valence-electron chi connectivity index (χ1n) is 8.76. The maximum absolute atomic E-state index is 5.75. The summed E-state index contributed by atoms with van der Waals surface area (Å²) in [4.78, 5) is 4.69. The van der Waals surface area contributed by atoms with Crippen molar-refractivity contribution in [1.82, 2.24) is 5.32 Å². The summed E-state index contributed by atoms with van der Waals surface area (Å²) < 4.78 is 11.4. The Kier molecular flexibility index (Phi) is 8.03. The Morgan fingerprint density at radius 2 is 1.85 bits per heavy atom. The van der Waals surface area contributed by atoms with Crippen LogP contribution in [0.5, 0.6) is 11.5 Å². The number of nitrogens with one attached hydrogen (secondary N) is 2. The summed E-state index contributed by atoms with van der Waals surface area (Å²) in [7, 11) is 0. The molecule has 0 aromatic heterocycles. The number of nitrogens with zero attached hydrogens (tertiary/aromatic N) is 1. The largest absolute Gasteiger partial charge is 0.490 e. The van der Waals surface area contributed by atoms with Crippen molar-refractivity contribution in [2.45, 2.75) is 26.8 Å². The van der Waals surface area contributed by atoms with Crippen molar-refractivity contribution in [2.24, 2.45) is 4.99 Å². The first-order valence-corrected chi connectivity index (χ1v) is 8.76. The minimum absolute atomic E-state index is 0. The number of halogens is 1. The van der Waals surface area contributed by atoms with Crippen molar-refractivity contribution in [2.75, 3.05) is 25.1 Å². The van der Waals surface area contributed by atoms with Crippen molar-refractivity contribution < 1.29 is 9.47 Å². The molecule has 0 amide bonds. The van der Waals surface area contributed by atoms with Gasteiger partial charge in [-0.05, 0) is 37.1 Å². The highest BCUT2D eigenvalue weighted by atomic mass is 127. The van der Waals surface area contributed by atoms with Crippen LogP contribution in [0.2, 0.25) is 0 Å². The Bertz CT molecular complexity index is 750. The van der Waals surface area contributed by atoms with Gasteiger partial charge in [-0.2, -0.15) is 0 Å². The van der Waals surface area contributed by atoms with Crippen LogP contribution in [0.1, 0.15) is 24.5 Å². The molecule has 0 atom stereocenters. The molecule has 140 valence electrons. The number of aliphatic imine (C=N–C) groups is 1. The number of rotatable bonds is 4. The molecule has 0 saturated heterocycles. The summed E-state index contributed by atoms with van der Waals surface area (Å²) in [5.41, 5.74) is 3.39. The van der Waals surface area contributed by atoms with Gasteiger partial charge in [0.25, 0.3) is 0 Å². The Labute approximate surface area is 172 Å². The van der Waals surface area contributed by atoms with Crippen LogP contribution in [0.3, 0.4) is 0 Å². The zero-order valence-corrected chi connectivity index (χ0v) is 17.6. The molecule has 2 N–H and O–H groups in total. The standard InChI is InChI=1S/C20H25N3O2.HI/c1-3-21-20(22-14-16-8-5-4-7-15(16)2)23-17-9-10-18-19(13-17)25-12-6-11-24-18;/h4-5,7-10,13H,3,6,11-12,14H2,1-2H3,(H2,21,22,23);1H. The van der Waals surface area contributed by atoms with Gasteiger partial charge in [-0.15, -0.1) is 24.0 Å². The lowest BCUT2D eigenvalue weighted by Crippen LogP contribution is -2.30. The highest BCUT2D eigenvalue weighted by molar-refractivity contribution is 14.0. The number of hydrogen-bond acceptors (Lipinski definition) is 3. The smallest absolute Gasteiger partial charge is 0.196 e. The van der Waals surface area contributed by atoms with Crippen molar-refractivity contribution in [3.63, 3.8) is 0 Å². The summed E-state index contributed by atoms with van der Waals surface area (Å²) in [5, 5.41) is 6.62. The van der Waals surface area contributed by atoms with Gasteiger partial charge in [-0.25, -0.2) is 4.99 Å². The lowest BCUT2D eigenvalue weighted by molar-refractivity contribution is 0.297. The Hall–Kier alpha value is -1.96. The predicted molar refractivity (Wildman–Crippen MR) is 117 cm³/mol. The van der Waals surface area contributed by atoms with Crippen LogP contribution in [-0.2, 0) is 6.54 Å². The zero-order chi connectivity index (χ0) is 17.5. The second-order valence-electron chi connectivity index (χ2n) is 5.96. The molecule has 0 aliphatic carbocycles. The average Bonchev–Trinajstić information content (AvgIpc) is 2.86. The lowest BCUT2D eigenvalue weighted by atomic mass is 10.1. The van der Waals surface area contributed by atoms with Gasteiger partial charge in [-0.3, -0.25) is 0 Å². The van der Waals surface area contributed by atoms with E-state index in [4.69, 9.17) is 14.5 Å². The topological polar surface area (TPSA) is 54.9 Å². The molecule has 1 aliphatic heterocycles. The summed E-state index contributed by atoms with van der Waals surface area (Å²) >= 11 is 0. The number of hydrogen-bond donors (Lipinski definition) is 2. The highest BCUT2D eigenvalue weighted by Gasteiger charge is 2.11. The molecule has 3 rings (SSSR count). The fraction of sp³-hybridized carbons (Fsp3) is 0.350. The molecule has 0 saturated carbocycles. The molecule has 2 aromatic rings. The van der Waals surface area contributed by atoms with E-state index < -0.39 is 0 Å².